The summed E-state index contributed by atoms with van der Waals surface area (Å²) in [6, 6.07) is 1.84. The van der Waals surface area contributed by atoms with Gasteiger partial charge in [-0.3, -0.25) is 4.79 Å². The van der Waals surface area contributed by atoms with E-state index in [2.05, 4.69) is 12.2 Å². The summed E-state index contributed by atoms with van der Waals surface area (Å²) in [6.45, 7) is 6.06. The molecule has 4 nitrogen and oxygen atoms in total. The summed E-state index contributed by atoms with van der Waals surface area (Å²) in [4.78, 5) is 25.8. The molecule has 0 unspecified atom stereocenters. The van der Waals surface area contributed by atoms with Gasteiger partial charge in [-0.05, 0) is 57.1 Å². The lowest BCUT2D eigenvalue weighted by molar-refractivity contribution is -0.146. The summed E-state index contributed by atoms with van der Waals surface area (Å²) in [5.74, 6) is -0.579. The molecule has 1 aliphatic rings. The number of aryl methyl sites for hydroxylation is 2. The average Bonchev–Trinajstić information content (AvgIpc) is 2.79. The molecule has 0 saturated heterocycles. The molecule has 1 saturated carbocycles. The molecule has 0 aliphatic heterocycles. The molecule has 0 radical (unpaired) electrons. The van der Waals surface area contributed by atoms with Gasteiger partial charge in [-0.25, -0.2) is 4.79 Å². The van der Waals surface area contributed by atoms with E-state index in [0.29, 0.717) is 23.6 Å². The van der Waals surface area contributed by atoms with Gasteiger partial charge in [-0.1, -0.05) is 13.3 Å². The van der Waals surface area contributed by atoms with Crippen LogP contribution in [-0.4, -0.2) is 22.5 Å². The minimum absolute atomic E-state index is 0.256. The Balaban J connectivity index is 2.13. The van der Waals surface area contributed by atoms with Gasteiger partial charge in [0.2, 0.25) is 0 Å². The number of hydrogen-bond acceptors (Lipinski definition) is 3. The Bertz CT molecular complexity index is 522. The largest absolute Gasteiger partial charge is 0.480 e. The number of carbonyl (C=O) groups is 2. The average molecular weight is 309 g/mol. The van der Waals surface area contributed by atoms with E-state index in [9.17, 15) is 14.7 Å². The van der Waals surface area contributed by atoms with Crippen LogP contribution >= 0.6 is 11.3 Å². The van der Waals surface area contributed by atoms with Crippen molar-refractivity contribution < 1.29 is 14.7 Å². The lowest BCUT2D eigenvalue weighted by Crippen LogP contribution is -2.56. The van der Waals surface area contributed by atoms with Crippen LogP contribution in [0.25, 0.3) is 0 Å². The van der Waals surface area contributed by atoms with Crippen LogP contribution in [0.5, 0.6) is 0 Å². The molecule has 2 rings (SSSR count). The van der Waals surface area contributed by atoms with Gasteiger partial charge < -0.3 is 10.4 Å². The fourth-order valence-corrected chi connectivity index (χ4v) is 3.86. The van der Waals surface area contributed by atoms with Crippen molar-refractivity contribution in [3.8, 4) is 0 Å². The molecule has 1 aromatic heterocycles. The Morgan fingerprint density at radius 2 is 2.00 bits per heavy atom. The molecule has 5 heteroatoms. The molecule has 0 bridgehead atoms. The van der Waals surface area contributed by atoms with Gasteiger partial charge >= 0.3 is 5.97 Å². The Hall–Kier alpha value is -1.36. The third-order valence-electron chi connectivity index (χ3n) is 4.69. The van der Waals surface area contributed by atoms with Gasteiger partial charge in [-0.15, -0.1) is 11.3 Å². The molecule has 2 N–H and O–H groups in total. The summed E-state index contributed by atoms with van der Waals surface area (Å²) < 4.78 is 0. The first-order valence-corrected chi connectivity index (χ1v) is 8.32. The van der Waals surface area contributed by atoms with E-state index in [0.717, 1.165) is 29.7 Å². The molecule has 21 heavy (non-hydrogen) atoms. The molecule has 1 aromatic rings. The molecule has 1 fully saturated rings. The zero-order chi connectivity index (χ0) is 15.6. The fourth-order valence-electron chi connectivity index (χ4n) is 2.93. The second kappa shape index (κ2) is 6.18. The molecule has 116 valence electrons. The second-order valence-corrected chi connectivity index (χ2v) is 7.30. The van der Waals surface area contributed by atoms with Crippen LogP contribution in [0.2, 0.25) is 0 Å². The highest BCUT2D eigenvalue weighted by molar-refractivity contribution is 7.14. The van der Waals surface area contributed by atoms with Crippen LogP contribution in [0, 0.1) is 19.8 Å². The third kappa shape index (κ3) is 3.28. The van der Waals surface area contributed by atoms with Gasteiger partial charge in [0.1, 0.15) is 5.54 Å². The quantitative estimate of drug-likeness (QED) is 0.894. The second-order valence-electron chi connectivity index (χ2n) is 6.04. The Labute approximate surface area is 129 Å². The first kappa shape index (κ1) is 16.0. The maximum Gasteiger partial charge on any atom is 0.329 e. The van der Waals surface area contributed by atoms with E-state index in [1.54, 1.807) is 0 Å². The van der Waals surface area contributed by atoms with E-state index in [-0.39, 0.29) is 5.91 Å². The van der Waals surface area contributed by atoms with Crippen LogP contribution in [-0.2, 0) is 4.79 Å². The van der Waals surface area contributed by atoms with Crippen molar-refractivity contribution in [3.63, 3.8) is 0 Å². The summed E-state index contributed by atoms with van der Waals surface area (Å²) >= 11 is 1.42. The number of thiophene rings is 1. The molecule has 1 amide bonds. The molecule has 0 spiro atoms. The van der Waals surface area contributed by atoms with Crippen molar-refractivity contribution in [3.05, 3.63) is 21.4 Å². The summed E-state index contributed by atoms with van der Waals surface area (Å²) in [6.07, 6.45) is 3.86. The molecule has 1 heterocycles. The Morgan fingerprint density at radius 3 is 2.43 bits per heavy atom. The molecule has 1 aliphatic carbocycles. The fraction of sp³-hybridized carbons (Fsp3) is 0.625. The van der Waals surface area contributed by atoms with Gasteiger partial charge in [0.15, 0.2) is 0 Å². The van der Waals surface area contributed by atoms with Crippen LogP contribution in [0.3, 0.4) is 0 Å². The van der Waals surface area contributed by atoms with Crippen molar-refractivity contribution >= 4 is 23.2 Å². The van der Waals surface area contributed by atoms with E-state index in [4.69, 9.17) is 0 Å². The van der Waals surface area contributed by atoms with Gasteiger partial charge in [0, 0.05) is 4.88 Å². The number of carbonyl (C=O) groups excluding carboxylic acids is 1. The van der Waals surface area contributed by atoms with Crippen molar-refractivity contribution in [1.29, 1.82) is 0 Å². The van der Waals surface area contributed by atoms with Crippen molar-refractivity contribution in [2.75, 3.05) is 0 Å². The van der Waals surface area contributed by atoms with Crippen molar-refractivity contribution in [2.45, 2.75) is 58.4 Å². The van der Waals surface area contributed by atoms with E-state index in [1.807, 2.05) is 19.9 Å². The number of carboxylic acids is 1. The van der Waals surface area contributed by atoms with E-state index < -0.39 is 11.5 Å². The lowest BCUT2D eigenvalue weighted by atomic mass is 9.75. The first-order chi connectivity index (χ1) is 9.88. The molecule has 0 aromatic carbocycles. The van der Waals surface area contributed by atoms with E-state index in [1.165, 1.54) is 11.3 Å². The topological polar surface area (TPSA) is 66.4 Å². The zero-order valence-corrected chi connectivity index (χ0v) is 13.7. The van der Waals surface area contributed by atoms with Crippen molar-refractivity contribution in [2.24, 2.45) is 5.92 Å². The highest BCUT2D eigenvalue weighted by Crippen LogP contribution is 2.34. The first-order valence-electron chi connectivity index (χ1n) is 7.51. The maximum atomic E-state index is 12.4. The predicted molar refractivity (Wildman–Crippen MR) is 83.9 cm³/mol. The monoisotopic (exact) mass is 309 g/mol. The maximum absolute atomic E-state index is 12.4. The molecular formula is C16H23NO3S. The smallest absolute Gasteiger partial charge is 0.329 e. The minimum Gasteiger partial charge on any atom is -0.480 e. The lowest BCUT2D eigenvalue weighted by Gasteiger charge is -2.37. The van der Waals surface area contributed by atoms with Crippen LogP contribution in [0.4, 0.5) is 0 Å². The van der Waals surface area contributed by atoms with Gasteiger partial charge in [-0.2, -0.15) is 0 Å². The van der Waals surface area contributed by atoms with Gasteiger partial charge in [0.25, 0.3) is 5.91 Å². The minimum atomic E-state index is -1.09. The number of aliphatic carboxylic acids is 1. The SMILES string of the molecule is CCC1CCC(NC(=O)c2cc(C)c(C)s2)(C(=O)O)CC1. The Morgan fingerprint density at radius 1 is 1.38 bits per heavy atom. The number of carboxylic acid groups (broad SMARTS) is 1. The van der Waals surface area contributed by atoms with Crippen LogP contribution in [0.15, 0.2) is 6.07 Å². The normalized spacial score (nSPS) is 25.6. The third-order valence-corrected chi connectivity index (χ3v) is 5.84. The summed E-state index contributed by atoms with van der Waals surface area (Å²) in [5, 5.41) is 12.4. The van der Waals surface area contributed by atoms with Gasteiger partial charge in [0.05, 0.1) is 4.88 Å². The number of hydrogen-bond donors (Lipinski definition) is 2. The van der Waals surface area contributed by atoms with Crippen LogP contribution < -0.4 is 5.32 Å². The Kier molecular flexibility index (Phi) is 4.71. The standard InChI is InChI=1S/C16H23NO3S/c1-4-12-5-7-16(8-6-12,15(19)20)17-14(18)13-9-10(2)11(3)21-13/h9,12H,4-8H2,1-3H3,(H,17,18)(H,19,20). The highest BCUT2D eigenvalue weighted by Gasteiger charge is 2.43. The zero-order valence-electron chi connectivity index (χ0n) is 12.9. The summed E-state index contributed by atoms with van der Waals surface area (Å²) in [5.41, 5.74) is -0.0154. The van der Waals surface area contributed by atoms with Crippen molar-refractivity contribution in [1.82, 2.24) is 5.32 Å². The van der Waals surface area contributed by atoms with Crippen LogP contribution in [0.1, 0.15) is 59.1 Å². The number of amides is 1. The highest BCUT2D eigenvalue weighted by atomic mass is 32.1. The van der Waals surface area contributed by atoms with E-state index >= 15 is 0 Å². The number of nitrogens with one attached hydrogen (secondary N) is 1. The molecule has 0 atom stereocenters. The number of rotatable bonds is 4. The predicted octanol–water partition coefficient (Wildman–Crippen LogP) is 3.52. The summed E-state index contributed by atoms with van der Waals surface area (Å²) in [7, 11) is 0. The molecular weight excluding hydrogens is 286 g/mol.